The normalized spacial score (nSPS) is 11.4. The van der Waals surface area contributed by atoms with Crippen molar-refractivity contribution in [1.82, 2.24) is 0 Å². The van der Waals surface area contributed by atoms with E-state index in [1.165, 1.54) is 0 Å². The van der Waals surface area contributed by atoms with Gasteiger partial charge in [-0.1, -0.05) is 28.1 Å². The minimum absolute atomic E-state index is 0.163. The highest BCUT2D eigenvalue weighted by Crippen LogP contribution is 2.14. The van der Waals surface area contributed by atoms with Crippen LogP contribution < -0.4 is 0 Å². The summed E-state index contributed by atoms with van der Waals surface area (Å²) in [6, 6.07) is 7.05. The Labute approximate surface area is 85.0 Å². The molecule has 0 aliphatic heterocycles. The molecule has 0 aliphatic rings. The van der Waals surface area contributed by atoms with Crippen LogP contribution in [0.4, 0.5) is 0 Å². The molecule has 1 N–H and O–H groups in total. The molecule has 0 atom stereocenters. The number of ketones is 1. The van der Waals surface area contributed by atoms with Crippen LogP contribution in [0.1, 0.15) is 17.3 Å². The van der Waals surface area contributed by atoms with Crippen molar-refractivity contribution in [2.45, 2.75) is 6.92 Å². The van der Waals surface area contributed by atoms with Gasteiger partial charge in [-0.2, -0.15) is 0 Å². The van der Waals surface area contributed by atoms with Gasteiger partial charge < -0.3 is 5.11 Å². The first-order valence-corrected chi connectivity index (χ1v) is 4.55. The number of hydrogen-bond donors (Lipinski definition) is 1. The summed E-state index contributed by atoms with van der Waals surface area (Å²) in [4.78, 5) is 11.5. The highest BCUT2D eigenvalue weighted by Gasteiger charge is 2.07. The van der Waals surface area contributed by atoms with E-state index in [-0.39, 0.29) is 5.78 Å². The first kappa shape index (κ1) is 9.99. The van der Waals surface area contributed by atoms with Gasteiger partial charge in [0.15, 0.2) is 5.78 Å². The molecule has 0 fully saturated rings. The largest absolute Gasteiger partial charge is 0.515 e. The minimum Gasteiger partial charge on any atom is -0.515 e. The molecule has 13 heavy (non-hydrogen) atoms. The molecular weight excluding hydrogens is 232 g/mol. The molecule has 0 bridgehead atoms. The molecule has 1 aromatic carbocycles. The molecule has 0 amide bonds. The molecule has 68 valence electrons. The molecule has 0 radical (unpaired) electrons. The zero-order valence-electron chi connectivity index (χ0n) is 7.12. The predicted molar refractivity (Wildman–Crippen MR) is 54.9 cm³/mol. The molecule has 1 aromatic rings. The number of Topliss-reactive ketones (excluding diaryl/α,β-unsaturated/α-hetero) is 1. The predicted octanol–water partition coefficient (Wildman–Crippen LogP) is 3.09. The van der Waals surface area contributed by atoms with Gasteiger partial charge in [0, 0.05) is 15.6 Å². The fourth-order valence-corrected chi connectivity index (χ4v) is 1.32. The fraction of sp³-hybridized carbons (Fsp3) is 0.100. The van der Waals surface area contributed by atoms with Crippen LogP contribution >= 0.6 is 15.9 Å². The van der Waals surface area contributed by atoms with Gasteiger partial charge in [-0.3, -0.25) is 4.79 Å². The monoisotopic (exact) mass is 240 g/mol. The van der Waals surface area contributed by atoms with Crippen LogP contribution in [0.3, 0.4) is 0 Å². The van der Waals surface area contributed by atoms with E-state index in [0.717, 1.165) is 10.7 Å². The van der Waals surface area contributed by atoms with E-state index in [1.54, 1.807) is 25.1 Å². The molecule has 0 saturated carbocycles. The SMILES string of the molecule is C/C(=C/O)C(=O)c1cccc(Br)c1. The maximum atomic E-state index is 11.5. The Hall–Kier alpha value is -1.09. The second-order valence-corrected chi connectivity index (χ2v) is 3.57. The average molecular weight is 241 g/mol. The van der Waals surface area contributed by atoms with Crippen LogP contribution in [0.25, 0.3) is 0 Å². The van der Waals surface area contributed by atoms with E-state index in [9.17, 15) is 4.79 Å². The second kappa shape index (κ2) is 4.23. The summed E-state index contributed by atoms with van der Waals surface area (Å²) < 4.78 is 0.851. The van der Waals surface area contributed by atoms with Gasteiger partial charge in [0.1, 0.15) is 0 Å². The lowest BCUT2D eigenvalue weighted by Crippen LogP contribution is -2.00. The van der Waals surface area contributed by atoms with Gasteiger partial charge >= 0.3 is 0 Å². The van der Waals surface area contributed by atoms with Crippen LogP contribution in [-0.4, -0.2) is 10.9 Å². The Bertz CT molecular complexity index is 356. The summed E-state index contributed by atoms with van der Waals surface area (Å²) in [5.41, 5.74) is 0.898. The fourth-order valence-electron chi connectivity index (χ4n) is 0.916. The topological polar surface area (TPSA) is 37.3 Å². The lowest BCUT2D eigenvalue weighted by atomic mass is 10.1. The van der Waals surface area contributed by atoms with E-state index in [1.807, 2.05) is 6.07 Å². The van der Waals surface area contributed by atoms with E-state index >= 15 is 0 Å². The molecule has 0 aliphatic carbocycles. The number of aliphatic hydroxyl groups is 1. The Balaban J connectivity index is 3.03. The van der Waals surface area contributed by atoms with Crippen molar-refractivity contribution >= 4 is 21.7 Å². The summed E-state index contributed by atoms with van der Waals surface area (Å²) in [7, 11) is 0. The van der Waals surface area contributed by atoms with Crippen LogP contribution in [0.2, 0.25) is 0 Å². The lowest BCUT2D eigenvalue weighted by molar-refractivity contribution is 0.103. The summed E-state index contributed by atoms with van der Waals surface area (Å²) >= 11 is 3.27. The Morgan fingerprint density at radius 1 is 1.54 bits per heavy atom. The number of carbonyl (C=O) groups is 1. The third kappa shape index (κ3) is 2.42. The number of hydrogen-bond acceptors (Lipinski definition) is 2. The molecule has 0 saturated heterocycles. The highest BCUT2D eigenvalue weighted by molar-refractivity contribution is 9.10. The third-order valence-corrected chi connectivity index (χ3v) is 2.13. The molecular formula is C10H9BrO2. The van der Waals surface area contributed by atoms with Gasteiger partial charge in [0.2, 0.25) is 0 Å². The maximum Gasteiger partial charge on any atom is 0.191 e. The summed E-state index contributed by atoms with van der Waals surface area (Å²) in [6.45, 7) is 1.57. The summed E-state index contributed by atoms with van der Waals surface area (Å²) in [5, 5.41) is 8.64. The number of carbonyl (C=O) groups excluding carboxylic acids is 1. The number of allylic oxidation sites excluding steroid dienone is 1. The van der Waals surface area contributed by atoms with Gasteiger partial charge in [0.25, 0.3) is 0 Å². The van der Waals surface area contributed by atoms with Gasteiger partial charge in [-0.25, -0.2) is 0 Å². The van der Waals surface area contributed by atoms with Crippen LogP contribution in [-0.2, 0) is 0 Å². The lowest BCUT2D eigenvalue weighted by Gasteiger charge is -1.99. The van der Waals surface area contributed by atoms with Crippen molar-refractivity contribution in [3.63, 3.8) is 0 Å². The Morgan fingerprint density at radius 2 is 2.23 bits per heavy atom. The first-order valence-electron chi connectivity index (χ1n) is 3.76. The maximum absolute atomic E-state index is 11.5. The number of aliphatic hydroxyl groups excluding tert-OH is 1. The van der Waals surface area contributed by atoms with Crippen LogP contribution in [0.15, 0.2) is 40.6 Å². The third-order valence-electron chi connectivity index (χ3n) is 1.64. The molecule has 0 unspecified atom stereocenters. The van der Waals surface area contributed by atoms with Gasteiger partial charge in [-0.15, -0.1) is 0 Å². The van der Waals surface area contributed by atoms with Crippen LogP contribution in [0, 0.1) is 0 Å². The second-order valence-electron chi connectivity index (χ2n) is 2.65. The van der Waals surface area contributed by atoms with Crippen molar-refractivity contribution in [1.29, 1.82) is 0 Å². The van der Waals surface area contributed by atoms with E-state index < -0.39 is 0 Å². The molecule has 2 nitrogen and oxygen atoms in total. The minimum atomic E-state index is -0.163. The number of benzene rings is 1. The smallest absolute Gasteiger partial charge is 0.191 e. The summed E-state index contributed by atoms with van der Waals surface area (Å²) in [6.07, 6.45) is 0.823. The molecule has 0 spiro atoms. The van der Waals surface area contributed by atoms with Crippen molar-refractivity contribution in [2.24, 2.45) is 0 Å². The number of halogens is 1. The average Bonchev–Trinajstić information content (AvgIpc) is 2.15. The summed E-state index contributed by atoms with van der Waals surface area (Å²) in [5.74, 6) is -0.163. The van der Waals surface area contributed by atoms with E-state index in [4.69, 9.17) is 5.11 Å². The van der Waals surface area contributed by atoms with Crippen molar-refractivity contribution in [2.75, 3.05) is 0 Å². The highest BCUT2D eigenvalue weighted by atomic mass is 79.9. The first-order chi connectivity index (χ1) is 6.15. The molecule has 0 aromatic heterocycles. The Kier molecular flexibility index (Phi) is 3.25. The van der Waals surface area contributed by atoms with Gasteiger partial charge in [-0.05, 0) is 19.1 Å². The van der Waals surface area contributed by atoms with Crippen molar-refractivity contribution in [3.05, 3.63) is 46.1 Å². The standard InChI is InChI=1S/C10H9BrO2/c1-7(6-12)10(13)8-3-2-4-9(11)5-8/h2-6,12H,1H3/b7-6-. The molecule has 3 heteroatoms. The molecule has 1 rings (SSSR count). The Morgan fingerprint density at radius 3 is 2.77 bits per heavy atom. The zero-order chi connectivity index (χ0) is 9.84. The van der Waals surface area contributed by atoms with E-state index in [2.05, 4.69) is 15.9 Å². The van der Waals surface area contributed by atoms with E-state index in [0.29, 0.717) is 11.1 Å². The quantitative estimate of drug-likeness (QED) is 0.490. The number of rotatable bonds is 2. The zero-order valence-corrected chi connectivity index (χ0v) is 8.71. The van der Waals surface area contributed by atoms with Crippen LogP contribution in [0.5, 0.6) is 0 Å². The molecule has 0 heterocycles. The van der Waals surface area contributed by atoms with Crippen molar-refractivity contribution in [3.8, 4) is 0 Å². The van der Waals surface area contributed by atoms with Gasteiger partial charge in [0.05, 0.1) is 6.26 Å². The van der Waals surface area contributed by atoms with Crippen molar-refractivity contribution < 1.29 is 9.90 Å².